The summed E-state index contributed by atoms with van der Waals surface area (Å²) in [5.74, 6) is -0.385. The van der Waals surface area contributed by atoms with Gasteiger partial charge in [0.25, 0.3) is 0 Å². The predicted octanol–water partition coefficient (Wildman–Crippen LogP) is 0.864. The lowest BCUT2D eigenvalue weighted by atomic mass is 10.1. The third kappa shape index (κ3) is 2.91. The van der Waals surface area contributed by atoms with Crippen molar-refractivity contribution in [3.63, 3.8) is 0 Å². The summed E-state index contributed by atoms with van der Waals surface area (Å²) in [6.45, 7) is -0.276. The van der Waals surface area contributed by atoms with Crippen LogP contribution in [0, 0.1) is 0 Å². The Labute approximate surface area is 111 Å². The van der Waals surface area contributed by atoms with Gasteiger partial charge in [0.05, 0.1) is 11.4 Å². The van der Waals surface area contributed by atoms with Crippen LogP contribution in [0.1, 0.15) is 0 Å². The minimum atomic E-state index is -3.70. The summed E-state index contributed by atoms with van der Waals surface area (Å²) >= 11 is 0. The van der Waals surface area contributed by atoms with E-state index < -0.39 is 10.0 Å². The molecule has 0 aliphatic rings. The van der Waals surface area contributed by atoms with Gasteiger partial charge in [-0.15, -0.1) is 0 Å². The maximum atomic E-state index is 12.2. The number of amides is 1. The van der Waals surface area contributed by atoms with Crippen molar-refractivity contribution in [2.24, 2.45) is 0 Å². The van der Waals surface area contributed by atoms with Crippen LogP contribution < -0.4 is 10.0 Å². The standard InChI is InChI=1S/C13H14N2O3S/c1-14-13(16)9-15-19(17,18)12-8-4-6-10-5-2-3-7-11(10)12/h2-8,15H,9H2,1H3,(H,14,16). The van der Waals surface area contributed by atoms with E-state index in [0.29, 0.717) is 5.39 Å². The van der Waals surface area contributed by atoms with E-state index in [4.69, 9.17) is 0 Å². The normalized spacial score (nSPS) is 11.4. The van der Waals surface area contributed by atoms with E-state index in [9.17, 15) is 13.2 Å². The third-order valence-corrected chi connectivity index (χ3v) is 4.20. The van der Waals surface area contributed by atoms with Gasteiger partial charge in [0.1, 0.15) is 0 Å². The number of carbonyl (C=O) groups is 1. The van der Waals surface area contributed by atoms with E-state index in [0.717, 1.165) is 5.39 Å². The maximum Gasteiger partial charge on any atom is 0.241 e. The molecule has 0 saturated carbocycles. The second-order valence-corrected chi connectivity index (χ2v) is 5.71. The zero-order valence-corrected chi connectivity index (χ0v) is 11.2. The molecule has 0 fully saturated rings. The molecular formula is C13H14N2O3S. The summed E-state index contributed by atoms with van der Waals surface area (Å²) in [6.07, 6.45) is 0. The Morgan fingerprint density at radius 2 is 1.79 bits per heavy atom. The fraction of sp³-hybridized carbons (Fsp3) is 0.154. The van der Waals surface area contributed by atoms with Gasteiger partial charge in [-0.25, -0.2) is 13.1 Å². The Bertz CT molecular complexity index is 705. The molecule has 0 heterocycles. The molecule has 0 bridgehead atoms. The first kappa shape index (κ1) is 13.5. The molecule has 2 N–H and O–H groups in total. The van der Waals surface area contributed by atoms with Crippen molar-refractivity contribution in [1.82, 2.24) is 10.0 Å². The highest BCUT2D eigenvalue weighted by Crippen LogP contribution is 2.22. The first-order valence-corrected chi connectivity index (χ1v) is 7.21. The molecule has 0 saturated heterocycles. The van der Waals surface area contributed by atoms with Crippen molar-refractivity contribution >= 4 is 26.7 Å². The molecule has 0 aromatic heterocycles. The number of hydrogen-bond donors (Lipinski definition) is 2. The fourth-order valence-corrected chi connectivity index (χ4v) is 2.97. The Balaban J connectivity index is 2.41. The highest BCUT2D eigenvalue weighted by Gasteiger charge is 2.17. The van der Waals surface area contributed by atoms with Gasteiger partial charge in [0.15, 0.2) is 0 Å². The summed E-state index contributed by atoms with van der Waals surface area (Å²) in [4.78, 5) is 11.3. The number of sulfonamides is 1. The second kappa shape index (κ2) is 5.38. The van der Waals surface area contributed by atoms with E-state index in [1.54, 1.807) is 18.2 Å². The molecule has 100 valence electrons. The van der Waals surface area contributed by atoms with Crippen molar-refractivity contribution < 1.29 is 13.2 Å². The molecule has 0 unspecified atom stereocenters. The summed E-state index contributed by atoms with van der Waals surface area (Å²) in [5.41, 5.74) is 0. The maximum absolute atomic E-state index is 12.2. The van der Waals surface area contributed by atoms with Gasteiger partial charge < -0.3 is 5.32 Å². The van der Waals surface area contributed by atoms with Crippen molar-refractivity contribution in [3.05, 3.63) is 42.5 Å². The van der Waals surface area contributed by atoms with Crippen LogP contribution in [0.2, 0.25) is 0 Å². The summed E-state index contributed by atoms with van der Waals surface area (Å²) < 4.78 is 26.6. The lowest BCUT2D eigenvalue weighted by Gasteiger charge is -2.08. The summed E-state index contributed by atoms with van der Waals surface area (Å²) in [6, 6.07) is 12.2. The first-order valence-electron chi connectivity index (χ1n) is 5.72. The molecular weight excluding hydrogens is 264 g/mol. The van der Waals surface area contributed by atoms with Gasteiger partial charge in [-0.3, -0.25) is 4.79 Å². The van der Waals surface area contributed by atoms with Crippen LogP contribution in [0.3, 0.4) is 0 Å². The van der Waals surface area contributed by atoms with Crippen LogP contribution in [0.15, 0.2) is 47.4 Å². The number of fused-ring (bicyclic) bond motifs is 1. The van der Waals surface area contributed by atoms with Crippen LogP contribution >= 0.6 is 0 Å². The quantitative estimate of drug-likeness (QED) is 0.871. The van der Waals surface area contributed by atoms with E-state index in [-0.39, 0.29) is 17.3 Å². The fourth-order valence-electron chi connectivity index (χ4n) is 1.76. The number of nitrogens with one attached hydrogen (secondary N) is 2. The van der Waals surface area contributed by atoms with E-state index in [1.165, 1.54) is 13.1 Å². The Morgan fingerprint density at radius 1 is 1.11 bits per heavy atom. The molecule has 2 rings (SSSR count). The lowest BCUT2D eigenvalue weighted by Crippen LogP contribution is -2.35. The highest BCUT2D eigenvalue weighted by molar-refractivity contribution is 7.89. The minimum absolute atomic E-state index is 0.175. The number of carbonyl (C=O) groups excluding carboxylic acids is 1. The summed E-state index contributed by atoms with van der Waals surface area (Å²) in [5, 5.41) is 3.83. The van der Waals surface area contributed by atoms with Gasteiger partial charge >= 0.3 is 0 Å². The van der Waals surface area contributed by atoms with Gasteiger partial charge in [-0.05, 0) is 11.5 Å². The highest BCUT2D eigenvalue weighted by atomic mass is 32.2. The van der Waals surface area contributed by atoms with Crippen molar-refractivity contribution in [1.29, 1.82) is 0 Å². The molecule has 6 heteroatoms. The van der Waals surface area contributed by atoms with Gasteiger partial charge in [0.2, 0.25) is 15.9 Å². The molecule has 1 amide bonds. The molecule has 5 nitrogen and oxygen atoms in total. The number of rotatable bonds is 4. The molecule has 19 heavy (non-hydrogen) atoms. The van der Waals surface area contributed by atoms with E-state index in [2.05, 4.69) is 10.0 Å². The third-order valence-electron chi connectivity index (χ3n) is 2.74. The monoisotopic (exact) mass is 278 g/mol. The largest absolute Gasteiger partial charge is 0.358 e. The molecule has 0 aliphatic carbocycles. The molecule has 2 aromatic rings. The van der Waals surface area contributed by atoms with Crippen molar-refractivity contribution in [3.8, 4) is 0 Å². The average molecular weight is 278 g/mol. The van der Waals surface area contributed by atoms with Crippen LogP contribution in [0.25, 0.3) is 10.8 Å². The second-order valence-electron chi connectivity index (χ2n) is 3.98. The molecule has 0 radical (unpaired) electrons. The zero-order valence-electron chi connectivity index (χ0n) is 10.4. The smallest absolute Gasteiger partial charge is 0.241 e. The van der Waals surface area contributed by atoms with Crippen LogP contribution in [-0.2, 0) is 14.8 Å². The van der Waals surface area contributed by atoms with Gasteiger partial charge in [0, 0.05) is 12.4 Å². The first-order chi connectivity index (χ1) is 9.04. The number of likely N-dealkylation sites (N-methyl/N-ethyl adjacent to an activating group) is 1. The molecule has 0 spiro atoms. The number of benzene rings is 2. The van der Waals surface area contributed by atoms with Gasteiger partial charge in [-0.2, -0.15) is 0 Å². The van der Waals surface area contributed by atoms with Crippen LogP contribution in [0.4, 0.5) is 0 Å². The average Bonchev–Trinajstić information content (AvgIpc) is 2.44. The number of hydrogen-bond acceptors (Lipinski definition) is 3. The minimum Gasteiger partial charge on any atom is -0.358 e. The summed E-state index contributed by atoms with van der Waals surface area (Å²) in [7, 11) is -2.25. The van der Waals surface area contributed by atoms with Crippen molar-refractivity contribution in [2.75, 3.05) is 13.6 Å². The lowest BCUT2D eigenvalue weighted by molar-refractivity contribution is -0.119. The van der Waals surface area contributed by atoms with Crippen LogP contribution in [-0.4, -0.2) is 27.9 Å². The van der Waals surface area contributed by atoms with E-state index >= 15 is 0 Å². The topological polar surface area (TPSA) is 75.3 Å². The molecule has 2 aromatic carbocycles. The van der Waals surface area contributed by atoms with Gasteiger partial charge in [-0.1, -0.05) is 36.4 Å². The molecule has 0 atom stereocenters. The Morgan fingerprint density at radius 3 is 2.53 bits per heavy atom. The SMILES string of the molecule is CNC(=O)CNS(=O)(=O)c1cccc2ccccc12. The molecule has 0 aliphatic heterocycles. The van der Waals surface area contributed by atoms with Crippen LogP contribution in [0.5, 0.6) is 0 Å². The van der Waals surface area contributed by atoms with E-state index in [1.807, 2.05) is 18.2 Å². The predicted molar refractivity (Wildman–Crippen MR) is 73.2 cm³/mol. The van der Waals surface area contributed by atoms with Crippen molar-refractivity contribution in [2.45, 2.75) is 4.90 Å². The Hall–Kier alpha value is -1.92. The zero-order chi connectivity index (χ0) is 13.9. The Kier molecular flexibility index (Phi) is 3.82.